The molecule has 116 valence electrons. The molecule has 0 fully saturated rings. The Morgan fingerprint density at radius 2 is 1.90 bits per heavy atom. The molecule has 0 bridgehead atoms. The Morgan fingerprint density at radius 3 is 2.48 bits per heavy atom. The average molecular weight is 288 g/mol. The monoisotopic (exact) mass is 288 g/mol. The Morgan fingerprint density at radius 1 is 1.19 bits per heavy atom. The van der Waals surface area contributed by atoms with Gasteiger partial charge in [-0.1, -0.05) is 32.4 Å². The summed E-state index contributed by atoms with van der Waals surface area (Å²) in [6, 6.07) is 10.7. The van der Waals surface area contributed by atoms with Crippen molar-refractivity contribution in [2.45, 2.75) is 58.4 Å². The summed E-state index contributed by atoms with van der Waals surface area (Å²) in [5.74, 6) is 0.935. The molecule has 1 aromatic carbocycles. The van der Waals surface area contributed by atoms with Crippen molar-refractivity contribution >= 4 is 0 Å². The van der Waals surface area contributed by atoms with E-state index in [9.17, 15) is 5.26 Å². The van der Waals surface area contributed by atoms with Crippen LogP contribution in [-0.2, 0) is 6.42 Å². The minimum absolute atomic E-state index is 0.406. The van der Waals surface area contributed by atoms with Crippen molar-refractivity contribution in [2.75, 3.05) is 13.2 Å². The minimum Gasteiger partial charge on any atom is -0.494 e. The minimum atomic E-state index is -0.406. The molecule has 1 rings (SSSR count). The molecule has 0 aliphatic carbocycles. The molecule has 0 aromatic heterocycles. The number of rotatable bonds is 10. The van der Waals surface area contributed by atoms with Gasteiger partial charge in [0, 0.05) is 0 Å². The van der Waals surface area contributed by atoms with Gasteiger partial charge in [-0.3, -0.25) is 5.32 Å². The maximum Gasteiger partial charge on any atom is 0.119 e. The maximum absolute atomic E-state index is 9.18. The fourth-order valence-corrected chi connectivity index (χ4v) is 2.39. The van der Waals surface area contributed by atoms with Gasteiger partial charge in [-0.2, -0.15) is 5.26 Å². The molecule has 1 N–H and O–H groups in total. The van der Waals surface area contributed by atoms with Crippen LogP contribution in [0.1, 0.15) is 52.0 Å². The molecule has 0 heterocycles. The molecule has 0 radical (unpaired) electrons. The van der Waals surface area contributed by atoms with Crippen molar-refractivity contribution in [1.29, 1.82) is 5.26 Å². The third kappa shape index (κ3) is 6.64. The summed E-state index contributed by atoms with van der Waals surface area (Å²) in [5, 5.41) is 12.4. The third-order valence-electron chi connectivity index (χ3n) is 3.62. The van der Waals surface area contributed by atoms with Gasteiger partial charge in [-0.05, 0) is 56.8 Å². The smallest absolute Gasteiger partial charge is 0.119 e. The van der Waals surface area contributed by atoms with Crippen LogP contribution >= 0.6 is 0 Å². The summed E-state index contributed by atoms with van der Waals surface area (Å²) in [4.78, 5) is 0. The summed E-state index contributed by atoms with van der Waals surface area (Å²) in [5.41, 5.74) is 0.955. The molecule has 1 unspecified atom stereocenters. The van der Waals surface area contributed by atoms with Gasteiger partial charge in [0.05, 0.1) is 12.7 Å². The van der Waals surface area contributed by atoms with E-state index < -0.39 is 5.54 Å². The lowest BCUT2D eigenvalue weighted by Crippen LogP contribution is -2.40. The lowest BCUT2D eigenvalue weighted by molar-refractivity contribution is 0.296. The topological polar surface area (TPSA) is 45.0 Å². The number of ether oxygens (including phenoxy) is 1. The maximum atomic E-state index is 9.18. The molecule has 0 saturated heterocycles. The van der Waals surface area contributed by atoms with Gasteiger partial charge in [-0.25, -0.2) is 0 Å². The fraction of sp³-hybridized carbons (Fsp3) is 0.611. The van der Waals surface area contributed by atoms with E-state index in [2.05, 4.69) is 30.4 Å². The normalized spacial score (nSPS) is 13.4. The first-order chi connectivity index (χ1) is 10.1. The van der Waals surface area contributed by atoms with Crippen LogP contribution in [0.15, 0.2) is 24.3 Å². The first kappa shape index (κ1) is 17.5. The molecule has 1 atom stereocenters. The quantitative estimate of drug-likeness (QED) is 0.660. The lowest BCUT2D eigenvalue weighted by atomic mass is 9.97. The van der Waals surface area contributed by atoms with Gasteiger partial charge in [0.1, 0.15) is 11.3 Å². The van der Waals surface area contributed by atoms with Gasteiger partial charge in [0.25, 0.3) is 0 Å². The number of aryl methyl sites for hydroxylation is 1. The predicted octanol–water partition coefficient (Wildman–Crippen LogP) is 4.08. The number of hydrogen-bond donors (Lipinski definition) is 1. The van der Waals surface area contributed by atoms with Crippen LogP contribution in [0.5, 0.6) is 5.75 Å². The van der Waals surface area contributed by atoms with Gasteiger partial charge >= 0.3 is 0 Å². The van der Waals surface area contributed by atoms with Crippen LogP contribution < -0.4 is 10.1 Å². The Bertz CT molecular complexity index is 436. The largest absolute Gasteiger partial charge is 0.494 e. The molecule has 0 amide bonds. The van der Waals surface area contributed by atoms with Gasteiger partial charge in [-0.15, -0.1) is 0 Å². The number of nitriles is 1. The molecule has 0 aliphatic heterocycles. The Hall–Kier alpha value is -1.53. The molecule has 3 nitrogen and oxygen atoms in total. The first-order valence-electron chi connectivity index (χ1n) is 8.01. The number of unbranched alkanes of at least 4 members (excludes halogenated alkanes) is 1. The van der Waals surface area contributed by atoms with E-state index in [1.807, 2.05) is 26.0 Å². The van der Waals surface area contributed by atoms with E-state index in [-0.39, 0.29) is 0 Å². The Labute approximate surface area is 129 Å². The number of hydrogen-bond acceptors (Lipinski definition) is 3. The van der Waals surface area contributed by atoms with Gasteiger partial charge in [0.15, 0.2) is 0 Å². The van der Waals surface area contributed by atoms with Crippen LogP contribution in [0.2, 0.25) is 0 Å². The standard InChI is InChI=1S/C18H28N2O/c1-4-8-16-9-11-17(12-10-16)21-14-7-6-13-18(3,15-19)20-5-2/h9-12,20H,4-8,13-14H2,1-3H3. The van der Waals surface area contributed by atoms with Crippen molar-refractivity contribution in [2.24, 2.45) is 0 Å². The van der Waals surface area contributed by atoms with Crippen LogP contribution in [0.25, 0.3) is 0 Å². The van der Waals surface area contributed by atoms with Crippen molar-refractivity contribution in [3.05, 3.63) is 29.8 Å². The predicted molar refractivity (Wildman–Crippen MR) is 87.5 cm³/mol. The van der Waals surface area contributed by atoms with Gasteiger partial charge in [0.2, 0.25) is 0 Å². The second kappa shape index (κ2) is 9.41. The highest BCUT2D eigenvalue weighted by Gasteiger charge is 2.21. The highest BCUT2D eigenvalue weighted by atomic mass is 16.5. The summed E-state index contributed by atoms with van der Waals surface area (Å²) >= 11 is 0. The van der Waals surface area contributed by atoms with E-state index in [4.69, 9.17) is 4.74 Å². The van der Waals surface area contributed by atoms with Crippen molar-refractivity contribution in [1.82, 2.24) is 5.32 Å². The molecule has 1 aromatic rings. The Balaban J connectivity index is 2.23. The number of benzene rings is 1. The third-order valence-corrected chi connectivity index (χ3v) is 3.62. The molecule has 0 saturated carbocycles. The van der Waals surface area contributed by atoms with Gasteiger partial charge < -0.3 is 4.74 Å². The number of nitrogens with zero attached hydrogens (tertiary/aromatic N) is 1. The summed E-state index contributed by atoms with van der Waals surface area (Å²) in [7, 11) is 0. The second-order valence-electron chi connectivity index (χ2n) is 5.67. The SMILES string of the molecule is CCCc1ccc(OCCCCC(C)(C#N)NCC)cc1. The number of nitrogens with one attached hydrogen (secondary N) is 1. The van der Waals surface area contributed by atoms with Crippen LogP contribution in [0, 0.1) is 11.3 Å². The molecular weight excluding hydrogens is 260 g/mol. The van der Waals surface area contributed by atoms with Crippen molar-refractivity contribution in [3.8, 4) is 11.8 Å². The molecule has 0 aliphatic rings. The molecule has 3 heteroatoms. The highest BCUT2D eigenvalue weighted by Crippen LogP contribution is 2.16. The zero-order valence-electron chi connectivity index (χ0n) is 13.6. The van der Waals surface area contributed by atoms with Crippen LogP contribution in [-0.4, -0.2) is 18.7 Å². The van der Waals surface area contributed by atoms with E-state index >= 15 is 0 Å². The van der Waals surface area contributed by atoms with Crippen LogP contribution in [0.4, 0.5) is 0 Å². The second-order valence-corrected chi connectivity index (χ2v) is 5.67. The average Bonchev–Trinajstić information content (AvgIpc) is 2.49. The highest BCUT2D eigenvalue weighted by molar-refractivity contribution is 5.27. The van der Waals surface area contributed by atoms with E-state index in [1.165, 1.54) is 12.0 Å². The molecular formula is C18H28N2O. The fourth-order valence-electron chi connectivity index (χ4n) is 2.39. The van der Waals surface area contributed by atoms with E-state index in [0.29, 0.717) is 6.61 Å². The van der Waals surface area contributed by atoms with E-state index in [1.54, 1.807) is 0 Å². The lowest BCUT2D eigenvalue weighted by Gasteiger charge is -2.22. The summed E-state index contributed by atoms with van der Waals surface area (Å²) in [6.45, 7) is 7.71. The summed E-state index contributed by atoms with van der Waals surface area (Å²) in [6.07, 6.45) is 5.11. The van der Waals surface area contributed by atoms with Crippen LogP contribution in [0.3, 0.4) is 0 Å². The van der Waals surface area contributed by atoms with Crippen molar-refractivity contribution < 1.29 is 4.74 Å². The molecule has 21 heavy (non-hydrogen) atoms. The summed E-state index contributed by atoms with van der Waals surface area (Å²) < 4.78 is 5.74. The first-order valence-corrected chi connectivity index (χ1v) is 8.01. The van der Waals surface area contributed by atoms with E-state index in [0.717, 1.165) is 38.0 Å². The van der Waals surface area contributed by atoms with Crippen molar-refractivity contribution in [3.63, 3.8) is 0 Å². The zero-order valence-corrected chi connectivity index (χ0v) is 13.6. The molecule has 0 spiro atoms. The Kier molecular flexibility index (Phi) is 7.85. The zero-order chi connectivity index (χ0) is 15.6.